The second-order valence-corrected chi connectivity index (χ2v) is 12.6. The lowest BCUT2D eigenvalue weighted by molar-refractivity contribution is 0.387. The van der Waals surface area contributed by atoms with Crippen LogP contribution in [0.5, 0.6) is 0 Å². The fraction of sp³-hybridized carbons (Fsp3) is 0.333. The SMILES string of the molecule is Cc1ccc(S(=O)(=O)n2cc(S(=O)(=O)Cl)c3c2CN(S(C)(=O)=O)CC3)cc1. The number of benzene rings is 1. The average Bonchev–Trinajstić information content (AvgIpc) is 2.94. The smallest absolute Gasteiger partial charge is 0.243 e. The molecule has 3 rings (SSSR count). The van der Waals surface area contributed by atoms with E-state index in [0.29, 0.717) is 0 Å². The quantitative estimate of drug-likeness (QED) is 0.646. The highest BCUT2D eigenvalue weighted by Gasteiger charge is 2.35. The van der Waals surface area contributed by atoms with Gasteiger partial charge in [0.1, 0.15) is 4.90 Å². The highest BCUT2D eigenvalue weighted by atomic mass is 35.7. The molecule has 0 N–H and O–H groups in total. The molecular weight excluding hydrogens is 436 g/mol. The summed E-state index contributed by atoms with van der Waals surface area (Å²) >= 11 is 0. The molecule has 1 aliphatic heterocycles. The van der Waals surface area contributed by atoms with Crippen molar-refractivity contribution in [3.8, 4) is 0 Å². The van der Waals surface area contributed by atoms with E-state index in [2.05, 4.69) is 0 Å². The predicted octanol–water partition coefficient (Wildman–Crippen LogP) is 1.28. The molecule has 0 radical (unpaired) electrons. The predicted molar refractivity (Wildman–Crippen MR) is 100 cm³/mol. The Labute approximate surface area is 162 Å². The van der Waals surface area contributed by atoms with Gasteiger partial charge >= 0.3 is 0 Å². The summed E-state index contributed by atoms with van der Waals surface area (Å²) in [5.74, 6) is 0. The van der Waals surface area contributed by atoms with Crippen LogP contribution in [-0.2, 0) is 42.1 Å². The van der Waals surface area contributed by atoms with Crippen LogP contribution in [0.15, 0.2) is 40.3 Å². The zero-order chi connectivity index (χ0) is 20.2. The van der Waals surface area contributed by atoms with Crippen LogP contribution in [0.25, 0.3) is 0 Å². The Bertz CT molecular complexity index is 1210. The molecule has 0 unspecified atom stereocenters. The third-order valence-corrected chi connectivity index (χ3v) is 8.73. The first-order valence-corrected chi connectivity index (χ1v) is 13.4. The number of rotatable bonds is 4. The lowest BCUT2D eigenvalue weighted by Gasteiger charge is -2.26. The Morgan fingerprint density at radius 1 is 1.00 bits per heavy atom. The maximum absolute atomic E-state index is 13.1. The van der Waals surface area contributed by atoms with Gasteiger partial charge < -0.3 is 0 Å². The monoisotopic (exact) mass is 452 g/mol. The largest absolute Gasteiger partial charge is 0.267 e. The molecule has 0 atom stereocenters. The minimum atomic E-state index is -4.21. The van der Waals surface area contributed by atoms with Gasteiger partial charge in [-0.3, -0.25) is 0 Å². The van der Waals surface area contributed by atoms with E-state index in [0.717, 1.165) is 26.3 Å². The molecule has 1 aromatic carbocycles. The summed E-state index contributed by atoms with van der Waals surface area (Å²) in [6, 6.07) is 6.04. The van der Waals surface area contributed by atoms with Gasteiger partial charge in [-0.05, 0) is 31.0 Å². The molecule has 27 heavy (non-hydrogen) atoms. The number of halogens is 1. The van der Waals surface area contributed by atoms with E-state index >= 15 is 0 Å². The van der Waals surface area contributed by atoms with E-state index in [1.807, 2.05) is 0 Å². The molecule has 8 nitrogen and oxygen atoms in total. The summed E-state index contributed by atoms with van der Waals surface area (Å²) in [6.07, 6.45) is 2.01. The normalized spacial score (nSPS) is 16.3. The number of fused-ring (bicyclic) bond motifs is 1. The molecule has 1 aliphatic rings. The van der Waals surface area contributed by atoms with Gasteiger partial charge in [0.05, 0.1) is 23.4 Å². The van der Waals surface area contributed by atoms with Crippen LogP contribution in [0.4, 0.5) is 0 Å². The van der Waals surface area contributed by atoms with E-state index in [-0.39, 0.29) is 40.6 Å². The first kappa shape index (κ1) is 20.3. The number of sulfonamides is 1. The highest BCUT2D eigenvalue weighted by Crippen LogP contribution is 2.33. The summed E-state index contributed by atoms with van der Waals surface area (Å²) in [6.45, 7) is 1.58. The standard InChI is InChI=1S/C15H17ClN2O6S3/c1-11-3-5-12(6-4-11)27(23,24)18-10-15(26(16,21)22)13-7-8-17(9-14(13)18)25(2,19)20/h3-6,10H,7-9H2,1-2H3. The van der Waals surface area contributed by atoms with Crippen molar-refractivity contribution in [1.82, 2.24) is 8.28 Å². The van der Waals surface area contributed by atoms with Gasteiger partial charge in [0.2, 0.25) is 10.0 Å². The maximum Gasteiger partial charge on any atom is 0.267 e. The molecule has 148 valence electrons. The third-order valence-electron chi connectivity index (χ3n) is 4.39. The lowest BCUT2D eigenvalue weighted by atomic mass is 10.1. The molecule has 0 spiro atoms. The van der Waals surface area contributed by atoms with Gasteiger partial charge in [-0.25, -0.2) is 29.2 Å². The second-order valence-electron chi connectivity index (χ2n) is 6.32. The minimum absolute atomic E-state index is 0.0408. The number of aryl methyl sites for hydroxylation is 1. The molecule has 0 aliphatic carbocycles. The topological polar surface area (TPSA) is 111 Å². The van der Waals surface area contributed by atoms with Gasteiger partial charge in [-0.15, -0.1) is 0 Å². The number of hydrogen-bond acceptors (Lipinski definition) is 6. The van der Waals surface area contributed by atoms with Crippen LogP contribution in [-0.4, -0.2) is 46.3 Å². The lowest BCUT2D eigenvalue weighted by Crippen LogP contribution is -2.36. The van der Waals surface area contributed by atoms with Crippen LogP contribution in [0.2, 0.25) is 0 Å². The van der Waals surface area contributed by atoms with E-state index in [4.69, 9.17) is 10.7 Å². The fourth-order valence-corrected chi connectivity index (χ4v) is 6.38. The van der Waals surface area contributed by atoms with Gasteiger partial charge in [-0.2, -0.15) is 4.31 Å². The molecule has 1 aromatic heterocycles. The van der Waals surface area contributed by atoms with Crippen LogP contribution in [0.3, 0.4) is 0 Å². The zero-order valence-electron chi connectivity index (χ0n) is 14.5. The van der Waals surface area contributed by atoms with E-state index in [9.17, 15) is 25.3 Å². The van der Waals surface area contributed by atoms with Gasteiger partial charge in [0.15, 0.2) is 0 Å². The van der Waals surface area contributed by atoms with Crippen molar-refractivity contribution in [3.63, 3.8) is 0 Å². The minimum Gasteiger partial charge on any atom is -0.243 e. The Morgan fingerprint density at radius 2 is 1.59 bits per heavy atom. The van der Waals surface area contributed by atoms with Gasteiger partial charge in [0.25, 0.3) is 19.1 Å². The molecule has 12 heteroatoms. The first-order valence-electron chi connectivity index (χ1n) is 7.77. The van der Waals surface area contributed by atoms with Crippen molar-refractivity contribution >= 4 is 39.8 Å². The van der Waals surface area contributed by atoms with Gasteiger partial charge in [-0.1, -0.05) is 17.7 Å². The summed E-state index contributed by atoms with van der Waals surface area (Å²) in [4.78, 5) is -0.357. The molecular formula is C15H17ClN2O6S3. The number of nitrogens with zero attached hydrogens (tertiary/aromatic N) is 2. The van der Waals surface area contributed by atoms with E-state index < -0.39 is 29.1 Å². The van der Waals surface area contributed by atoms with Crippen LogP contribution < -0.4 is 0 Å². The Hall–Kier alpha value is -1.40. The summed E-state index contributed by atoms with van der Waals surface area (Å²) in [5, 5.41) is 0. The Morgan fingerprint density at radius 3 is 2.11 bits per heavy atom. The maximum atomic E-state index is 13.1. The summed E-state index contributed by atoms with van der Waals surface area (Å²) in [5.41, 5.74) is 1.16. The van der Waals surface area contributed by atoms with Crippen molar-refractivity contribution in [2.75, 3.05) is 12.8 Å². The molecule has 0 amide bonds. The molecule has 0 saturated heterocycles. The van der Waals surface area contributed by atoms with Crippen LogP contribution in [0.1, 0.15) is 16.8 Å². The molecule has 0 fully saturated rings. The Kier molecular flexibility index (Phi) is 4.96. The molecule has 2 heterocycles. The highest BCUT2D eigenvalue weighted by molar-refractivity contribution is 8.13. The summed E-state index contributed by atoms with van der Waals surface area (Å²) < 4.78 is 75.7. The first-order chi connectivity index (χ1) is 12.3. The van der Waals surface area contributed by atoms with Crippen molar-refractivity contribution in [1.29, 1.82) is 0 Å². The van der Waals surface area contributed by atoms with Crippen molar-refractivity contribution in [2.45, 2.75) is 29.7 Å². The Balaban J connectivity index is 2.25. The van der Waals surface area contributed by atoms with E-state index in [1.165, 1.54) is 12.1 Å². The average molecular weight is 453 g/mol. The van der Waals surface area contributed by atoms with E-state index in [1.54, 1.807) is 19.1 Å². The second kappa shape index (κ2) is 6.59. The van der Waals surface area contributed by atoms with Crippen molar-refractivity contribution in [2.24, 2.45) is 0 Å². The fourth-order valence-electron chi connectivity index (χ4n) is 2.98. The van der Waals surface area contributed by atoms with Crippen molar-refractivity contribution in [3.05, 3.63) is 47.3 Å². The summed E-state index contributed by atoms with van der Waals surface area (Å²) in [7, 11) is -6.44. The zero-order valence-corrected chi connectivity index (χ0v) is 17.7. The number of hydrogen-bond donors (Lipinski definition) is 0. The van der Waals surface area contributed by atoms with Crippen LogP contribution >= 0.6 is 10.7 Å². The van der Waals surface area contributed by atoms with Crippen LogP contribution in [0, 0.1) is 6.92 Å². The molecule has 0 bridgehead atoms. The molecule has 2 aromatic rings. The third kappa shape index (κ3) is 3.79. The van der Waals surface area contributed by atoms with Crippen molar-refractivity contribution < 1.29 is 25.3 Å². The number of aromatic nitrogens is 1. The van der Waals surface area contributed by atoms with Gasteiger partial charge in [0, 0.05) is 23.4 Å². The molecule has 0 saturated carbocycles.